The molecule has 0 aromatic heterocycles. The number of rotatable bonds is 5. The number of hydrogen-bond acceptors (Lipinski definition) is 3. The maximum Gasteiger partial charge on any atom is 0.249 e. The number of amides is 1. The molecule has 0 atom stereocenters. The molecule has 0 saturated carbocycles. The Labute approximate surface area is 163 Å². The van der Waals surface area contributed by atoms with E-state index < -0.39 is 0 Å². The van der Waals surface area contributed by atoms with Crippen molar-refractivity contribution in [2.24, 2.45) is 0 Å². The fourth-order valence-electron chi connectivity index (χ4n) is 3.18. The molecule has 28 heavy (non-hydrogen) atoms. The maximum atomic E-state index is 13.8. The molecule has 6 heteroatoms. The van der Waals surface area contributed by atoms with Gasteiger partial charge in [-0.2, -0.15) is 0 Å². The molecule has 1 aliphatic heterocycles. The molecule has 2 aromatic carbocycles. The number of hydrogen-bond donors (Lipinski definition) is 0. The molecule has 0 aliphatic carbocycles. The lowest BCUT2D eigenvalue weighted by Crippen LogP contribution is -2.50. The molecule has 1 fully saturated rings. The van der Waals surface area contributed by atoms with Crippen molar-refractivity contribution >= 4 is 17.8 Å². The van der Waals surface area contributed by atoms with E-state index in [1.54, 1.807) is 36.1 Å². The van der Waals surface area contributed by atoms with E-state index in [2.05, 4.69) is 0 Å². The molecule has 0 N–H and O–H groups in total. The summed E-state index contributed by atoms with van der Waals surface area (Å²) in [4.78, 5) is 28.6. The first-order chi connectivity index (χ1) is 13.4. The number of ketones is 1. The zero-order valence-corrected chi connectivity index (χ0v) is 15.7. The molecule has 1 saturated heterocycles. The summed E-state index contributed by atoms with van der Waals surface area (Å²) in [6, 6.07) is 11.8. The van der Waals surface area contributed by atoms with Gasteiger partial charge in [0.1, 0.15) is 11.6 Å². The molecule has 2 aromatic rings. The van der Waals surface area contributed by atoms with E-state index in [-0.39, 0.29) is 29.9 Å². The third-order valence-electron chi connectivity index (χ3n) is 4.81. The smallest absolute Gasteiger partial charge is 0.249 e. The lowest BCUT2D eigenvalue weighted by atomic mass is 10.1. The standard InChI is InChI=1S/C22H22F2N2O2/c1-16(14-18-4-2-3-5-20(18)24)22(28)26-12-10-25(11-13-26)15-21(27)17-6-8-19(23)9-7-17/h2-9,14H,10-13,15H2,1H3/b16-14+. The summed E-state index contributed by atoms with van der Waals surface area (Å²) in [5, 5.41) is 0. The first-order valence-corrected chi connectivity index (χ1v) is 9.17. The van der Waals surface area contributed by atoms with Crippen molar-refractivity contribution in [3.05, 3.63) is 76.9 Å². The van der Waals surface area contributed by atoms with Crippen LogP contribution in [0.5, 0.6) is 0 Å². The van der Waals surface area contributed by atoms with Crippen molar-refractivity contribution in [2.45, 2.75) is 6.92 Å². The summed E-state index contributed by atoms with van der Waals surface area (Å²) >= 11 is 0. The van der Waals surface area contributed by atoms with Gasteiger partial charge in [0, 0.05) is 42.9 Å². The van der Waals surface area contributed by atoms with Gasteiger partial charge in [-0.15, -0.1) is 0 Å². The van der Waals surface area contributed by atoms with Crippen LogP contribution in [-0.2, 0) is 4.79 Å². The zero-order valence-electron chi connectivity index (χ0n) is 15.7. The highest BCUT2D eigenvalue weighted by molar-refractivity contribution is 5.98. The lowest BCUT2D eigenvalue weighted by molar-refractivity contribution is -0.128. The average molecular weight is 384 g/mol. The number of nitrogens with zero attached hydrogens (tertiary/aromatic N) is 2. The largest absolute Gasteiger partial charge is 0.336 e. The predicted molar refractivity (Wildman–Crippen MR) is 104 cm³/mol. The number of piperazine rings is 1. The fraction of sp³-hybridized carbons (Fsp3) is 0.273. The third kappa shape index (κ3) is 4.89. The van der Waals surface area contributed by atoms with E-state index in [0.29, 0.717) is 42.9 Å². The summed E-state index contributed by atoms with van der Waals surface area (Å²) in [6.07, 6.45) is 1.56. The Balaban J connectivity index is 1.54. The Morgan fingerprint density at radius 2 is 1.61 bits per heavy atom. The Bertz CT molecular complexity index is 886. The van der Waals surface area contributed by atoms with Gasteiger partial charge < -0.3 is 4.90 Å². The first kappa shape index (κ1) is 19.9. The molecule has 1 amide bonds. The summed E-state index contributed by atoms with van der Waals surface area (Å²) < 4.78 is 26.7. The Hall–Kier alpha value is -2.86. The third-order valence-corrected chi connectivity index (χ3v) is 4.81. The van der Waals surface area contributed by atoms with Crippen molar-refractivity contribution in [2.75, 3.05) is 32.7 Å². The van der Waals surface area contributed by atoms with Crippen molar-refractivity contribution in [1.82, 2.24) is 9.80 Å². The van der Waals surface area contributed by atoms with Gasteiger partial charge in [0.25, 0.3) is 0 Å². The highest BCUT2D eigenvalue weighted by atomic mass is 19.1. The van der Waals surface area contributed by atoms with E-state index in [1.807, 2.05) is 4.90 Å². The summed E-state index contributed by atoms with van der Waals surface area (Å²) in [6.45, 7) is 4.06. The van der Waals surface area contributed by atoms with Crippen LogP contribution >= 0.6 is 0 Å². The van der Waals surface area contributed by atoms with Crippen molar-refractivity contribution in [3.63, 3.8) is 0 Å². The van der Waals surface area contributed by atoms with Gasteiger partial charge in [-0.25, -0.2) is 8.78 Å². The van der Waals surface area contributed by atoms with E-state index in [9.17, 15) is 18.4 Å². The average Bonchev–Trinajstić information content (AvgIpc) is 2.70. The summed E-state index contributed by atoms with van der Waals surface area (Å²) in [5.74, 6) is -0.940. The number of Topliss-reactive ketones (excluding diaryl/α,β-unsaturated/α-hetero) is 1. The Morgan fingerprint density at radius 3 is 2.25 bits per heavy atom. The van der Waals surface area contributed by atoms with Gasteiger partial charge in [0.15, 0.2) is 5.78 Å². The molecule has 146 valence electrons. The maximum absolute atomic E-state index is 13.8. The SMILES string of the molecule is C/C(=C\c1ccccc1F)C(=O)N1CCN(CC(=O)c2ccc(F)cc2)CC1. The minimum atomic E-state index is -0.373. The molecule has 3 rings (SSSR count). The van der Waals surface area contributed by atoms with Crippen LogP contribution in [0.4, 0.5) is 8.78 Å². The van der Waals surface area contributed by atoms with Crippen LogP contribution in [0.15, 0.2) is 54.1 Å². The molecule has 4 nitrogen and oxygen atoms in total. The minimum absolute atomic E-state index is 0.0737. The van der Waals surface area contributed by atoms with E-state index in [0.717, 1.165) is 0 Å². The van der Waals surface area contributed by atoms with Crippen LogP contribution in [-0.4, -0.2) is 54.2 Å². The molecule has 0 bridgehead atoms. The molecule has 0 spiro atoms. The Morgan fingerprint density at radius 1 is 0.964 bits per heavy atom. The van der Waals surface area contributed by atoms with Crippen LogP contribution in [0.3, 0.4) is 0 Å². The molecule has 1 aliphatic rings. The molecular weight excluding hydrogens is 362 g/mol. The molecule has 0 unspecified atom stereocenters. The topological polar surface area (TPSA) is 40.6 Å². The number of benzene rings is 2. The second-order valence-corrected chi connectivity index (χ2v) is 6.85. The second-order valence-electron chi connectivity index (χ2n) is 6.85. The van der Waals surface area contributed by atoms with Gasteiger partial charge in [-0.3, -0.25) is 14.5 Å². The highest BCUT2D eigenvalue weighted by Crippen LogP contribution is 2.14. The number of carbonyl (C=O) groups is 2. The number of carbonyl (C=O) groups excluding carboxylic acids is 2. The second kappa shape index (κ2) is 8.89. The molecule has 1 heterocycles. The van der Waals surface area contributed by atoms with Crippen LogP contribution < -0.4 is 0 Å². The van der Waals surface area contributed by atoms with Gasteiger partial charge in [-0.1, -0.05) is 18.2 Å². The number of halogens is 2. The summed E-state index contributed by atoms with van der Waals surface area (Å²) in [7, 11) is 0. The zero-order chi connectivity index (χ0) is 20.1. The van der Waals surface area contributed by atoms with E-state index >= 15 is 0 Å². The van der Waals surface area contributed by atoms with Crippen LogP contribution in [0.1, 0.15) is 22.8 Å². The molecular formula is C22H22F2N2O2. The highest BCUT2D eigenvalue weighted by Gasteiger charge is 2.23. The van der Waals surface area contributed by atoms with Gasteiger partial charge in [0.05, 0.1) is 6.54 Å². The van der Waals surface area contributed by atoms with Crippen LogP contribution in [0.25, 0.3) is 6.08 Å². The Kier molecular flexibility index (Phi) is 6.31. The normalized spacial score (nSPS) is 15.5. The van der Waals surface area contributed by atoms with Gasteiger partial charge in [0.2, 0.25) is 5.91 Å². The monoisotopic (exact) mass is 384 g/mol. The minimum Gasteiger partial charge on any atom is -0.336 e. The van der Waals surface area contributed by atoms with Gasteiger partial charge >= 0.3 is 0 Å². The first-order valence-electron chi connectivity index (χ1n) is 9.17. The fourth-order valence-corrected chi connectivity index (χ4v) is 3.18. The lowest BCUT2D eigenvalue weighted by Gasteiger charge is -2.34. The van der Waals surface area contributed by atoms with Crippen molar-refractivity contribution in [3.8, 4) is 0 Å². The van der Waals surface area contributed by atoms with Crippen molar-refractivity contribution < 1.29 is 18.4 Å². The summed E-state index contributed by atoms with van der Waals surface area (Å²) in [5.41, 5.74) is 1.33. The van der Waals surface area contributed by atoms with E-state index in [1.165, 1.54) is 30.3 Å². The van der Waals surface area contributed by atoms with Crippen molar-refractivity contribution in [1.29, 1.82) is 0 Å². The van der Waals surface area contributed by atoms with Crippen LogP contribution in [0, 0.1) is 11.6 Å². The predicted octanol–water partition coefficient (Wildman–Crippen LogP) is 3.40. The quantitative estimate of drug-likeness (QED) is 0.586. The van der Waals surface area contributed by atoms with E-state index in [4.69, 9.17) is 0 Å². The van der Waals surface area contributed by atoms with Gasteiger partial charge in [-0.05, 0) is 43.3 Å². The van der Waals surface area contributed by atoms with Crippen LogP contribution in [0.2, 0.25) is 0 Å². The molecule has 0 radical (unpaired) electrons.